The maximum atomic E-state index is 10.1. The lowest BCUT2D eigenvalue weighted by Crippen LogP contribution is -2.13. The molecule has 0 aromatic heterocycles. The average Bonchev–Trinajstić information content (AvgIpc) is 2.44. The number of hydrogen-bond donors (Lipinski definition) is 1. The highest BCUT2D eigenvalue weighted by Crippen LogP contribution is 2.26. The number of aryl methyl sites for hydroxylation is 1. The van der Waals surface area contributed by atoms with E-state index >= 15 is 0 Å². The molecule has 0 heterocycles. The molecule has 20 heavy (non-hydrogen) atoms. The third kappa shape index (κ3) is 5.06. The van der Waals surface area contributed by atoms with Gasteiger partial charge in [-0.25, -0.2) is 0 Å². The van der Waals surface area contributed by atoms with Crippen LogP contribution < -0.4 is 0 Å². The molecule has 0 aliphatic rings. The van der Waals surface area contributed by atoms with Crippen LogP contribution in [0.1, 0.15) is 5.56 Å². The molecule has 1 N–H and O–H groups in total. The highest BCUT2D eigenvalue weighted by Gasteiger charge is 2.07. The van der Waals surface area contributed by atoms with E-state index in [-0.39, 0.29) is 6.10 Å². The van der Waals surface area contributed by atoms with Crippen LogP contribution in [0, 0.1) is 6.92 Å². The Morgan fingerprint density at radius 3 is 2.55 bits per heavy atom. The lowest BCUT2D eigenvalue weighted by atomic mass is 10.2. The Kier molecular flexibility index (Phi) is 6.30. The van der Waals surface area contributed by atoms with Gasteiger partial charge in [-0.3, -0.25) is 0 Å². The molecule has 2 rings (SSSR count). The Balaban J connectivity index is 1.78. The minimum atomic E-state index is -0.330. The largest absolute Gasteiger partial charge is 0.391 e. The van der Waals surface area contributed by atoms with Crippen molar-refractivity contribution in [2.24, 2.45) is 0 Å². The maximum absolute atomic E-state index is 10.1. The second-order valence-corrected chi connectivity index (χ2v) is 7.09. The predicted octanol–water partition coefficient (Wildman–Crippen LogP) is 4.89. The average molecular weight is 325 g/mol. The highest BCUT2D eigenvalue weighted by atomic mass is 35.5. The van der Waals surface area contributed by atoms with Gasteiger partial charge in [0.25, 0.3) is 0 Å². The molecule has 0 bridgehead atoms. The zero-order valence-electron chi connectivity index (χ0n) is 11.3. The molecule has 4 heteroatoms. The Bertz CT molecular complexity index is 560. The number of hydrogen-bond acceptors (Lipinski definition) is 3. The molecule has 1 atom stereocenters. The van der Waals surface area contributed by atoms with Crippen molar-refractivity contribution in [3.63, 3.8) is 0 Å². The first-order chi connectivity index (χ1) is 9.65. The number of rotatable bonds is 6. The van der Waals surface area contributed by atoms with Crippen LogP contribution in [0.4, 0.5) is 0 Å². The molecule has 1 unspecified atom stereocenters. The molecular weight excluding hydrogens is 308 g/mol. The van der Waals surface area contributed by atoms with Gasteiger partial charge in [-0.05, 0) is 36.8 Å². The molecule has 2 aromatic carbocycles. The molecule has 2 aromatic rings. The van der Waals surface area contributed by atoms with Crippen molar-refractivity contribution in [3.05, 3.63) is 59.1 Å². The zero-order valence-corrected chi connectivity index (χ0v) is 13.6. The van der Waals surface area contributed by atoms with Crippen molar-refractivity contribution in [2.75, 3.05) is 11.5 Å². The predicted molar refractivity (Wildman–Crippen MR) is 90.1 cm³/mol. The summed E-state index contributed by atoms with van der Waals surface area (Å²) < 4.78 is 0. The van der Waals surface area contributed by atoms with Crippen LogP contribution >= 0.6 is 35.1 Å². The second-order valence-electron chi connectivity index (χ2n) is 4.50. The number of aliphatic hydroxyl groups excluding tert-OH is 1. The molecule has 1 nitrogen and oxygen atoms in total. The number of thioether (sulfide) groups is 2. The van der Waals surface area contributed by atoms with E-state index in [2.05, 4.69) is 19.1 Å². The minimum absolute atomic E-state index is 0.330. The maximum Gasteiger partial charge on any atom is 0.0727 e. The summed E-state index contributed by atoms with van der Waals surface area (Å²) in [5.74, 6) is 1.39. The summed E-state index contributed by atoms with van der Waals surface area (Å²) in [6, 6.07) is 16.0. The summed E-state index contributed by atoms with van der Waals surface area (Å²) in [7, 11) is 0. The molecule has 0 aliphatic heterocycles. The van der Waals surface area contributed by atoms with Crippen molar-refractivity contribution in [1.82, 2.24) is 0 Å². The van der Waals surface area contributed by atoms with Crippen molar-refractivity contribution >= 4 is 35.1 Å². The number of aliphatic hydroxyl groups is 1. The fourth-order valence-electron chi connectivity index (χ4n) is 1.70. The summed E-state index contributed by atoms with van der Waals surface area (Å²) in [6.45, 7) is 2.09. The smallest absolute Gasteiger partial charge is 0.0727 e. The van der Waals surface area contributed by atoms with E-state index in [1.807, 2.05) is 36.4 Å². The fourth-order valence-corrected chi connectivity index (χ4v) is 3.95. The van der Waals surface area contributed by atoms with E-state index in [1.54, 1.807) is 23.5 Å². The molecule has 0 fully saturated rings. The van der Waals surface area contributed by atoms with E-state index < -0.39 is 0 Å². The van der Waals surface area contributed by atoms with Crippen molar-refractivity contribution < 1.29 is 5.11 Å². The molecular formula is C16H17ClOS2. The molecule has 0 radical (unpaired) electrons. The molecule has 0 aliphatic carbocycles. The van der Waals surface area contributed by atoms with E-state index in [1.165, 1.54) is 10.5 Å². The van der Waals surface area contributed by atoms with Crippen LogP contribution in [-0.4, -0.2) is 22.7 Å². The van der Waals surface area contributed by atoms with E-state index in [0.717, 1.165) is 9.92 Å². The van der Waals surface area contributed by atoms with Crippen LogP contribution in [0.15, 0.2) is 58.3 Å². The van der Waals surface area contributed by atoms with Crippen molar-refractivity contribution in [1.29, 1.82) is 0 Å². The number of benzene rings is 2. The van der Waals surface area contributed by atoms with Gasteiger partial charge >= 0.3 is 0 Å². The van der Waals surface area contributed by atoms with Crippen molar-refractivity contribution in [2.45, 2.75) is 22.8 Å². The lowest BCUT2D eigenvalue weighted by molar-refractivity contribution is 0.225. The Morgan fingerprint density at radius 1 is 1.05 bits per heavy atom. The Labute approximate surface area is 133 Å². The topological polar surface area (TPSA) is 20.2 Å². The highest BCUT2D eigenvalue weighted by molar-refractivity contribution is 8.00. The molecule has 0 saturated heterocycles. The van der Waals surface area contributed by atoms with Gasteiger partial charge in [-0.15, -0.1) is 23.5 Å². The van der Waals surface area contributed by atoms with Gasteiger partial charge < -0.3 is 5.11 Å². The first-order valence-corrected chi connectivity index (χ1v) is 8.75. The third-order valence-electron chi connectivity index (χ3n) is 2.76. The van der Waals surface area contributed by atoms with E-state index in [0.29, 0.717) is 11.5 Å². The van der Waals surface area contributed by atoms with E-state index in [9.17, 15) is 5.11 Å². The fraction of sp³-hybridized carbons (Fsp3) is 0.250. The second kappa shape index (κ2) is 7.99. The molecule has 0 spiro atoms. The van der Waals surface area contributed by atoms with Gasteiger partial charge in [0.05, 0.1) is 6.10 Å². The van der Waals surface area contributed by atoms with Gasteiger partial charge in [-0.1, -0.05) is 35.9 Å². The monoisotopic (exact) mass is 324 g/mol. The summed E-state index contributed by atoms with van der Waals surface area (Å²) in [6.07, 6.45) is -0.330. The zero-order chi connectivity index (χ0) is 14.4. The van der Waals surface area contributed by atoms with E-state index in [4.69, 9.17) is 11.6 Å². The van der Waals surface area contributed by atoms with Gasteiger partial charge in [0, 0.05) is 26.3 Å². The third-order valence-corrected chi connectivity index (χ3v) is 5.46. The summed E-state index contributed by atoms with van der Waals surface area (Å²) in [4.78, 5) is 2.33. The van der Waals surface area contributed by atoms with Gasteiger partial charge in [0.15, 0.2) is 0 Å². The standard InChI is InChI=1S/C16H17ClOS2/c1-12-5-2-3-8-16(12)20-11-14(18)10-19-15-7-4-6-13(17)9-15/h2-9,14,18H,10-11H2,1H3. The quantitative estimate of drug-likeness (QED) is 0.764. The molecule has 106 valence electrons. The van der Waals surface area contributed by atoms with Gasteiger partial charge in [0.1, 0.15) is 0 Å². The first kappa shape index (κ1) is 15.8. The normalized spacial score (nSPS) is 12.3. The van der Waals surface area contributed by atoms with Gasteiger partial charge in [0.2, 0.25) is 0 Å². The Hall–Kier alpha value is -0.610. The number of halogens is 1. The minimum Gasteiger partial charge on any atom is -0.391 e. The summed E-state index contributed by atoms with van der Waals surface area (Å²) >= 11 is 9.28. The SMILES string of the molecule is Cc1ccccc1SCC(O)CSc1cccc(Cl)c1. The lowest BCUT2D eigenvalue weighted by Gasteiger charge is -2.11. The van der Waals surface area contributed by atoms with Crippen LogP contribution in [0.5, 0.6) is 0 Å². The van der Waals surface area contributed by atoms with Crippen LogP contribution in [0.2, 0.25) is 5.02 Å². The molecule has 0 amide bonds. The summed E-state index contributed by atoms with van der Waals surface area (Å²) in [5.41, 5.74) is 1.26. The first-order valence-electron chi connectivity index (χ1n) is 6.40. The Morgan fingerprint density at radius 2 is 1.80 bits per heavy atom. The van der Waals surface area contributed by atoms with Crippen LogP contribution in [0.3, 0.4) is 0 Å². The summed E-state index contributed by atoms with van der Waals surface area (Å²) in [5, 5.41) is 10.8. The van der Waals surface area contributed by atoms with Crippen LogP contribution in [-0.2, 0) is 0 Å². The van der Waals surface area contributed by atoms with Gasteiger partial charge in [-0.2, -0.15) is 0 Å². The molecule has 0 saturated carbocycles. The van der Waals surface area contributed by atoms with Crippen LogP contribution in [0.25, 0.3) is 0 Å². The van der Waals surface area contributed by atoms with Crippen molar-refractivity contribution in [3.8, 4) is 0 Å².